The third-order valence-electron chi connectivity index (χ3n) is 1.92. The van der Waals surface area contributed by atoms with Crippen molar-refractivity contribution in [1.82, 2.24) is 5.32 Å². The van der Waals surface area contributed by atoms with Crippen LogP contribution in [0.15, 0.2) is 18.2 Å². The molecule has 0 fully saturated rings. The molecule has 0 radical (unpaired) electrons. The quantitative estimate of drug-likeness (QED) is 0.746. The molecule has 86 valence electrons. The summed E-state index contributed by atoms with van der Waals surface area (Å²) < 4.78 is 0. The van der Waals surface area contributed by atoms with Crippen LogP contribution in [0.1, 0.15) is 17.3 Å². The molecule has 1 atom stereocenters. The monoisotopic (exact) mass is 243 g/mol. The smallest absolute Gasteiger partial charge is 0.325 e. The standard InChI is InChI=1S/C10H10ClNO4/c1-5(10(15)16)12-9(14)7-3-2-6(11)4-8(7)13/h2-5,13H,1H3,(H,12,14)(H,15,16)/t5-/m0/s1. The molecule has 0 unspecified atom stereocenters. The number of hydrogen-bond acceptors (Lipinski definition) is 3. The molecule has 16 heavy (non-hydrogen) atoms. The maximum Gasteiger partial charge on any atom is 0.325 e. The Kier molecular flexibility index (Phi) is 3.73. The molecule has 0 spiro atoms. The fourth-order valence-corrected chi connectivity index (χ4v) is 1.20. The van der Waals surface area contributed by atoms with E-state index < -0.39 is 17.9 Å². The molecule has 0 saturated heterocycles. The molecule has 1 aromatic rings. The molecule has 0 heterocycles. The van der Waals surface area contributed by atoms with Crippen molar-refractivity contribution in [3.63, 3.8) is 0 Å². The lowest BCUT2D eigenvalue weighted by atomic mass is 10.2. The van der Waals surface area contributed by atoms with Gasteiger partial charge in [-0.15, -0.1) is 0 Å². The van der Waals surface area contributed by atoms with E-state index in [4.69, 9.17) is 16.7 Å². The predicted octanol–water partition coefficient (Wildman–Crippen LogP) is 1.25. The number of amides is 1. The number of phenols is 1. The van der Waals surface area contributed by atoms with E-state index in [1.165, 1.54) is 25.1 Å². The van der Waals surface area contributed by atoms with Gasteiger partial charge >= 0.3 is 5.97 Å². The van der Waals surface area contributed by atoms with Gasteiger partial charge in [-0.2, -0.15) is 0 Å². The SMILES string of the molecule is C[C@H](NC(=O)c1ccc(Cl)cc1O)C(=O)O. The molecule has 0 aliphatic heterocycles. The van der Waals surface area contributed by atoms with E-state index in [0.717, 1.165) is 0 Å². The molecule has 0 aliphatic rings. The minimum absolute atomic E-state index is 0.0162. The van der Waals surface area contributed by atoms with Gasteiger partial charge in [-0.25, -0.2) is 0 Å². The molecule has 6 heteroatoms. The molecular weight excluding hydrogens is 234 g/mol. The van der Waals surface area contributed by atoms with Gasteiger partial charge in [0.2, 0.25) is 0 Å². The van der Waals surface area contributed by atoms with Gasteiger partial charge in [0.15, 0.2) is 0 Å². The van der Waals surface area contributed by atoms with Crippen molar-refractivity contribution >= 4 is 23.5 Å². The average molecular weight is 244 g/mol. The van der Waals surface area contributed by atoms with Crippen molar-refractivity contribution < 1.29 is 19.8 Å². The topological polar surface area (TPSA) is 86.6 Å². The number of benzene rings is 1. The van der Waals surface area contributed by atoms with Gasteiger partial charge in [-0.1, -0.05) is 11.6 Å². The van der Waals surface area contributed by atoms with E-state index in [2.05, 4.69) is 5.32 Å². The summed E-state index contributed by atoms with van der Waals surface area (Å²) in [6.45, 7) is 1.33. The van der Waals surface area contributed by atoms with E-state index in [9.17, 15) is 14.7 Å². The number of carbonyl (C=O) groups is 2. The molecular formula is C10H10ClNO4. The van der Waals surface area contributed by atoms with Crippen LogP contribution < -0.4 is 5.32 Å². The van der Waals surface area contributed by atoms with E-state index in [1.54, 1.807) is 0 Å². The van der Waals surface area contributed by atoms with E-state index in [1.807, 2.05) is 0 Å². The highest BCUT2D eigenvalue weighted by Crippen LogP contribution is 2.21. The zero-order valence-corrected chi connectivity index (χ0v) is 9.15. The fraction of sp³-hybridized carbons (Fsp3) is 0.200. The molecule has 0 bridgehead atoms. The molecule has 0 aromatic heterocycles. The van der Waals surface area contributed by atoms with Crippen LogP contribution in [0.25, 0.3) is 0 Å². The Bertz CT molecular complexity index is 433. The normalized spacial score (nSPS) is 11.9. The van der Waals surface area contributed by atoms with Gasteiger partial charge in [0.05, 0.1) is 5.56 Å². The summed E-state index contributed by atoms with van der Waals surface area (Å²) in [6.07, 6.45) is 0. The number of phenolic OH excluding ortho intramolecular Hbond substituents is 1. The third-order valence-corrected chi connectivity index (χ3v) is 2.16. The Morgan fingerprint density at radius 3 is 2.56 bits per heavy atom. The Hall–Kier alpha value is -1.75. The van der Waals surface area contributed by atoms with Crippen LogP contribution in [0.2, 0.25) is 5.02 Å². The van der Waals surface area contributed by atoms with Gasteiger partial charge in [-0.05, 0) is 25.1 Å². The minimum Gasteiger partial charge on any atom is -0.507 e. The lowest BCUT2D eigenvalue weighted by Gasteiger charge is -2.10. The molecule has 5 nitrogen and oxygen atoms in total. The first-order valence-corrected chi connectivity index (χ1v) is 4.82. The minimum atomic E-state index is -1.15. The molecule has 1 amide bonds. The van der Waals surface area contributed by atoms with E-state index >= 15 is 0 Å². The summed E-state index contributed by atoms with van der Waals surface area (Å²) in [6, 6.07) is 2.94. The zero-order valence-electron chi connectivity index (χ0n) is 8.40. The van der Waals surface area contributed by atoms with Crippen LogP contribution in [0.4, 0.5) is 0 Å². The van der Waals surface area contributed by atoms with Crippen LogP contribution in [0.3, 0.4) is 0 Å². The van der Waals surface area contributed by atoms with Crippen LogP contribution >= 0.6 is 11.6 Å². The van der Waals surface area contributed by atoms with Crippen molar-refractivity contribution in [2.24, 2.45) is 0 Å². The number of nitrogens with one attached hydrogen (secondary N) is 1. The first kappa shape index (κ1) is 12.3. The van der Waals surface area contributed by atoms with Crippen molar-refractivity contribution in [3.05, 3.63) is 28.8 Å². The Morgan fingerprint density at radius 2 is 2.06 bits per heavy atom. The van der Waals surface area contributed by atoms with E-state index in [0.29, 0.717) is 5.02 Å². The highest BCUT2D eigenvalue weighted by atomic mass is 35.5. The second kappa shape index (κ2) is 4.85. The number of rotatable bonds is 3. The second-order valence-electron chi connectivity index (χ2n) is 3.19. The van der Waals surface area contributed by atoms with Crippen LogP contribution in [0.5, 0.6) is 5.75 Å². The number of aliphatic carboxylic acids is 1. The fourth-order valence-electron chi connectivity index (χ4n) is 1.03. The molecule has 0 saturated carbocycles. The maximum atomic E-state index is 11.5. The molecule has 1 aromatic carbocycles. The second-order valence-corrected chi connectivity index (χ2v) is 3.63. The van der Waals surface area contributed by atoms with Gasteiger partial charge in [0.25, 0.3) is 5.91 Å². The Labute approximate surface area is 96.7 Å². The third kappa shape index (κ3) is 2.87. The summed E-state index contributed by atoms with van der Waals surface area (Å²) in [5.74, 6) is -2.10. The largest absolute Gasteiger partial charge is 0.507 e. The summed E-state index contributed by atoms with van der Waals surface area (Å²) in [7, 11) is 0. The summed E-state index contributed by atoms with van der Waals surface area (Å²) in [5, 5.41) is 20.5. The number of carboxylic acid groups (broad SMARTS) is 1. The van der Waals surface area contributed by atoms with E-state index in [-0.39, 0.29) is 11.3 Å². The average Bonchev–Trinajstić information content (AvgIpc) is 2.16. The molecule has 1 rings (SSSR count). The predicted molar refractivity (Wildman–Crippen MR) is 57.7 cm³/mol. The number of halogens is 1. The first-order chi connectivity index (χ1) is 7.41. The highest BCUT2D eigenvalue weighted by Gasteiger charge is 2.17. The number of carboxylic acids is 1. The molecule has 3 N–H and O–H groups in total. The Balaban J connectivity index is 2.85. The zero-order chi connectivity index (χ0) is 12.3. The van der Waals surface area contributed by atoms with Crippen LogP contribution in [-0.4, -0.2) is 28.1 Å². The summed E-state index contributed by atoms with van der Waals surface area (Å²) >= 11 is 5.59. The van der Waals surface area contributed by atoms with Gasteiger partial charge < -0.3 is 15.5 Å². The van der Waals surface area contributed by atoms with Crippen molar-refractivity contribution in [1.29, 1.82) is 0 Å². The highest BCUT2D eigenvalue weighted by molar-refractivity contribution is 6.30. The van der Waals surface area contributed by atoms with Crippen LogP contribution in [-0.2, 0) is 4.79 Å². The maximum absolute atomic E-state index is 11.5. The Morgan fingerprint density at radius 1 is 1.44 bits per heavy atom. The first-order valence-electron chi connectivity index (χ1n) is 4.44. The lowest BCUT2D eigenvalue weighted by molar-refractivity contribution is -0.138. The summed E-state index contributed by atoms with van der Waals surface area (Å²) in [5.41, 5.74) is -0.0162. The summed E-state index contributed by atoms with van der Waals surface area (Å²) in [4.78, 5) is 22.0. The van der Waals surface area contributed by atoms with Gasteiger partial charge in [0, 0.05) is 5.02 Å². The number of carbonyl (C=O) groups excluding carboxylic acids is 1. The number of aromatic hydroxyl groups is 1. The molecule has 0 aliphatic carbocycles. The van der Waals surface area contributed by atoms with Crippen molar-refractivity contribution in [2.45, 2.75) is 13.0 Å². The van der Waals surface area contributed by atoms with Crippen molar-refractivity contribution in [3.8, 4) is 5.75 Å². The van der Waals surface area contributed by atoms with Gasteiger partial charge in [-0.3, -0.25) is 9.59 Å². The van der Waals surface area contributed by atoms with Crippen LogP contribution in [0, 0.1) is 0 Å². The number of hydrogen-bond donors (Lipinski definition) is 3. The van der Waals surface area contributed by atoms with Gasteiger partial charge in [0.1, 0.15) is 11.8 Å². The van der Waals surface area contributed by atoms with Crippen molar-refractivity contribution in [2.75, 3.05) is 0 Å². The lowest BCUT2D eigenvalue weighted by Crippen LogP contribution is -2.38.